The average molecular weight is 150 g/mol. The lowest BCUT2D eigenvalue weighted by molar-refractivity contribution is 0.111. The van der Waals surface area contributed by atoms with Gasteiger partial charge in [-0.15, -0.1) is 0 Å². The molecule has 0 spiro atoms. The van der Waals surface area contributed by atoms with Crippen LogP contribution in [0.5, 0.6) is 0 Å². The Kier molecular flexibility index (Phi) is 1.49. The number of aldehydes is 1. The summed E-state index contributed by atoms with van der Waals surface area (Å²) in [5.41, 5.74) is 1.64. The van der Waals surface area contributed by atoms with E-state index in [2.05, 4.69) is 10.2 Å². The van der Waals surface area contributed by atoms with Crippen molar-refractivity contribution in [3.05, 3.63) is 17.5 Å². The number of hydrogen-bond donors (Lipinski definition) is 1. The Morgan fingerprint density at radius 2 is 2.45 bits per heavy atom. The van der Waals surface area contributed by atoms with Gasteiger partial charge in [-0.05, 0) is 18.9 Å². The maximum Gasteiger partial charge on any atom is 0.170 e. The molecule has 58 valence electrons. The van der Waals surface area contributed by atoms with Crippen molar-refractivity contribution in [1.82, 2.24) is 10.2 Å². The average Bonchev–Trinajstić information content (AvgIpc) is 2.32. The highest BCUT2D eigenvalue weighted by Crippen LogP contribution is 2.35. The van der Waals surface area contributed by atoms with Crippen LogP contribution in [-0.2, 0) is 0 Å². The molecule has 3 heteroatoms. The molecule has 0 amide bonds. The van der Waals surface area contributed by atoms with E-state index in [4.69, 9.17) is 0 Å². The van der Waals surface area contributed by atoms with Crippen LogP contribution in [0.15, 0.2) is 6.07 Å². The van der Waals surface area contributed by atoms with Crippen molar-refractivity contribution in [2.24, 2.45) is 0 Å². The van der Waals surface area contributed by atoms with Crippen LogP contribution in [0.3, 0.4) is 0 Å². The number of aromatic amines is 1. The molecule has 0 bridgehead atoms. The fraction of sp³-hybridized carbons (Fsp3) is 0.500. The van der Waals surface area contributed by atoms with E-state index in [1.165, 1.54) is 19.3 Å². The lowest BCUT2D eigenvalue weighted by atomic mass is 9.83. The fourth-order valence-electron chi connectivity index (χ4n) is 1.34. The van der Waals surface area contributed by atoms with Crippen LogP contribution in [-0.4, -0.2) is 16.5 Å². The molecule has 0 aliphatic heterocycles. The second kappa shape index (κ2) is 2.49. The molecule has 0 atom stereocenters. The number of H-pyrrole nitrogens is 1. The highest BCUT2D eigenvalue weighted by Gasteiger charge is 2.21. The third-order valence-corrected chi connectivity index (χ3v) is 2.28. The third-order valence-electron chi connectivity index (χ3n) is 2.28. The Bertz CT molecular complexity index is 263. The summed E-state index contributed by atoms with van der Waals surface area (Å²) in [6.07, 6.45) is 4.56. The lowest BCUT2D eigenvalue weighted by Gasteiger charge is -2.23. The number of carbonyl (C=O) groups is 1. The van der Waals surface area contributed by atoms with Crippen LogP contribution < -0.4 is 0 Å². The molecule has 1 N–H and O–H groups in total. The van der Waals surface area contributed by atoms with Crippen LogP contribution in [0.25, 0.3) is 0 Å². The topological polar surface area (TPSA) is 45.8 Å². The van der Waals surface area contributed by atoms with Crippen LogP contribution >= 0.6 is 0 Å². The summed E-state index contributed by atoms with van der Waals surface area (Å²) >= 11 is 0. The van der Waals surface area contributed by atoms with Crippen molar-refractivity contribution >= 4 is 6.29 Å². The zero-order chi connectivity index (χ0) is 7.68. The molecule has 1 aliphatic rings. The summed E-state index contributed by atoms with van der Waals surface area (Å²) in [4.78, 5) is 10.3. The van der Waals surface area contributed by atoms with Gasteiger partial charge >= 0.3 is 0 Å². The normalized spacial score (nSPS) is 17.8. The minimum Gasteiger partial charge on any atom is -0.296 e. The molecule has 11 heavy (non-hydrogen) atoms. The largest absolute Gasteiger partial charge is 0.296 e. The summed E-state index contributed by atoms with van der Waals surface area (Å²) in [7, 11) is 0. The summed E-state index contributed by atoms with van der Waals surface area (Å²) in [5, 5.41) is 6.72. The molecule has 1 heterocycles. The van der Waals surface area contributed by atoms with Crippen molar-refractivity contribution in [2.75, 3.05) is 0 Å². The van der Waals surface area contributed by atoms with Gasteiger partial charge in [0.15, 0.2) is 6.29 Å². The zero-order valence-corrected chi connectivity index (χ0v) is 6.21. The second-order valence-electron chi connectivity index (χ2n) is 2.99. The first-order valence-corrected chi connectivity index (χ1v) is 3.90. The van der Waals surface area contributed by atoms with Gasteiger partial charge in [0.25, 0.3) is 0 Å². The summed E-state index contributed by atoms with van der Waals surface area (Å²) in [6, 6.07) is 1.84. The van der Waals surface area contributed by atoms with Gasteiger partial charge in [0.05, 0.1) is 0 Å². The second-order valence-corrected chi connectivity index (χ2v) is 2.99. The maximum absolute atomic E-state index is 10.3. The van der Waals surface area contributed by atoms with Crippen LogP contribution in [0, 0.1) is 0 Å². The standard InChI is InChI=1S/C8H10N2O/c11-5-7-4-8(10-9-7)6-2-1-3-6/h4-6H,1-3H2,(H,9,10). The Morgan fingerprint density at radius 1 is 1.64 bits per heavy atom. The van der Waals surface area contributed by atoms with Gasteiger partial charge in [0.2, 0.25) is 0 Å². The maximum atomic E-state index is 10.3. The molecule has 1 saturated carbocycles. The van der Waals surface area contributed by atoms with E-state index in [0.717, 1.165) is 12.0 Å². The Labute approximate surface area is 64.8 Å². The summed E-state index contributed by atoms with van der Waals surface area (Å²) < 4.78 is 0. The van der Waals surface area contributed by atoms with Crippen LogP contribution in [0.2, 0.25) is 0 Å². The minimum atomic E-state index is 0.520. The highest BCUT2D eigenvalue weighted by molar-refractivity contribution is 5.71. The van der Waals surface area contributed by atoms with Crippen LogP contribution in [0.1, 0.15) is 41.4 Å². The smallest absolute Gasteiger partial charge is 0.170 e. The van der Waals surface area contributed by atoms with Gasteiger partial charge in [0, 0.05) is 11.6 Å². The van der Waals surface area contributed by atoms with E-state index >= 15 is 0 Å². The minimum absolute atomic E-state index is 0.520. The number of nitrogens with zero attached hydrogens (tertiary/aromatic N) is 1. The molecule has 1 aromatic rings. The van der Waals surface area contributed by atoms with Crippen molar-refractivity contribution in [3.63, 3.8) is 0 Å². The molecule has 2 rings (SSSR count). The van der Waals surface area contributed by atoms with Gasteiger partial charge in [-0.25, -0.2) is 0 Å². The van der Waals surface area contributed by atoms with Gasteiger partial charge in [-0.3, -0.25) is 9.89 Å². The van der Waals surface area contributed by atoms with Gasteiger partial charge < -0.3 is 0 Å². The SMILES string of the molecule is O=Cc1cc(C2CCC2)[nH]n1. The van der Waals surface area contributed by atoms with E-state index in [-0.39, 0.29) is 0 Å². The lowest BCUT2D eigenvalue weighted by Crippen LogP contribution is -2.08. The first kappa shape index (κ1) is 6.58. The molecule has 0 unspecified atom stereocenters. The predicted octanol–water partition coefficient (Wildman–Crippen LogP) is 1.49. The number of carbonyl (C=O) groups excluding carboxylic acids is 1. The van der Waals surface area contributed by atoms with E-state index in [9.17, 15) is 4.79 Å². The number of nitrogens with one attached hydrogen (secondary N) is 1. The molecular formula is C8H10N2O. The van der Waals surface area contributed by atoms with Gasteiger partial charge in [0.1, 0.15) is 5.69 Å². The van der Waals surface area contributed by atoms with E-state index < -0.39 is 0 Å². The first-order chi connectivity index (χ1) is 5.40. The molecule has 0 saturated heterocycles. The predicted molar refractivity (Wildman–Crippen MR) is 40.6 cm³/mol. The fourth-order valence-corrected chi connectivity index (χ4v) is 1.34. The number of hydrogen-bond acceptors (Lipinski definition) is 2. The molecule has 1 fully saturated rings. The van der Waals surface area contributed by atoms with E-state index in [0.29, 0.717) is 11.6 Å². The molecule has 1 aromatic heterocycles. The van der Waals surface area contributed by atoms with Crippen molar-refractivity contribution < 1.29 is 4.79 Å². The molecule has 0 aromatic carbocycles. The quantitative estimate of drug-likeness (QED) is 0.649. The summed E-state index contributed by atoms with van der Waals surface area (Å²) in [6.45, 7) is 0. The van der Waals surface area contributed by atoms with Gasteiger partial charge in [-0.1, -0.05) is 6.42 Å². The van der Waals surface area contributed by atoms with E-state index in [1.807, 2.05) is 6.07 Å². The molecule has 1 aliphatic carbocycles. The van der Waals surface area contributed by atoms with Crippen molar-refractivity contribution in [1.29, 1.82) is 0 Å². The van der Waals surface area contributed by atoms with E-state index in [1.54, 1.807) is 0 Å². The third kappa shape index (κ3) is 1.06. The zero-order valence-electron chi connectivity index (χ0n) is 6.21. The first-order valence-electron chi connectivity index (χ1n) is 3.90. The number of rotatable bonds is 2. The highest BCUT2D eigenvalue weighted by atomic mass is 16.1. The van der Waals surface area contributed by atoms with Gasteiger partial charge in [-0.2, -0.15) is 5.10 Å². The molecular weight excluding hydrogens is 140 g/mol. The van der Waals surface area contributed by atoms with Crippen molar-refractivity contribution in [2.45, 2.75) is 25.2 Å². The molecule has 0 radical (unpaired) electrons. The Hall–Kier alpha value is -1.12. The van der Waals surface area contributed by atoms with Crippen molar-refractivity contribution in [3.8, 4) is 0 Å². The monoisotopic (exact) mass is 150 g/mol. The van der Waals surface area contributed by atoms with Crippen LogP contribution in [0.4, 0.5) is 0 Å². The summed E-state index contributed by atoms with van der Waals surface area (Å²) in [5.74, 6) is 0.635. The molecule has 3 nitrogen and oxygen atoms in total. The number of aromatic nitrogens is 2. The Morgan fingerprint density at radius 3 is 2.91 bits per heavy atom. The Balaban J connectivity index is 2.17.